The zero-order valence-electron chi connectivity index (χ0n) is 14.8. The normalized spacial score (nSPS) is 16.6. The number of benzene rings is 1. The van der Waals surface area contributed by atoms with Gasteiger partial charge in [-0.2, -0.15) is 0 Å². The van der Waals surface area contributed by atoms with Crippen molar-refractivity contribution < 1.29 is 9.18 Å². The van der Waals surface area contributed by atoms with Gasteiger partial charge in [-0.15, -0.1) is 0 Å². The maximum absolute atomic E-state index is 13.5. The van der Waals surface area contributed by atoms with Crippen molar-refractivity contribution in [1.82, 2.24) is 19.9 Å². The Balaban J connectivity index is 1.73. The summed E-state index contributed by atoms with van der Waals surface area (Å²) in [4.78, 5) is 27.0. The molecule has 3 aromatic rings. The van der Waals surface area contributed by atoms with E-state index in [4.69, 9.17) is 0 Å². The number of hydrogen-bond acceptors (Lipinski definition) is 5. The zero-order valence-corrected chi connectivity index (χ0v) is 14.8. The van der Waals surface area contributed by atoms with E-state index >= 15 is 0 Å². The number of carbonyl (C=O) groups excluding carboxylic acids is 1. The Kier molecular flexibility index (Phi) is 4.50. The molecule has 2 aromatic heterocycles. The first-order chi connectivity index (χ1) is 13.1. The summed E-state index contributed by atoms with van der Waals surface area (Å²) in [7, 11) is 1.78. The average molecular weight is 363 g/mol. The first-order valence-corrected chi connectivity index (χ1v) is 8.64. The molecule has 136 valence electrons. The van der Waals surface area contributed by atoms with Crippen molar-refractivity contribution in [3.8, 4) is 11.3 Å². The third kappa shape index (κ3) is 3.76. The molecular formula is C20H18FN5O. The van der Waals surface area contributed by atoms with E-state index in [0.29, 0.717) is 36.0 Å². The van der Waals surface area contributed by atoms with Crippen LogP contribution in [0.15, 0.2) is 54.9 Å². The number of hydrogen-bond donors (Lipinski definition) is 1. The number of halogens is 1. The minimum atomic E-state index is -0.329. The molecule has 0 aliphatic carbocycles. The summed E-state index contributed by atoms with van der Waals surface area (Å²) in [6.45, 7) is 0.578. The highest BCUT2D eigenvalue weighted by molar-refractivity contribution is 5.79. The summed E-state index contributed by atoms with van der Waals surface area (Å²) in [5.74, 6) is 0.811. The minimum absolute atomic E-state index is 0.0767. The number of nitrogens with zero attached hydrogens (tertiary/aromatic N) is 4. The molecule has 0 radical (unpaired) electrons. The Bertz CT molecular complexity index is 979. The summed E-state index contributed by atoms with van der Waals surface area (Å²) in [6.07, 6.45) is 3.80. The van der Waals surface area contributed by atoms with Crippen molar-refractivity contribution in [1.29, 1.82) is 0 Å². The van der Waals surface area contributed by atoms with E-state index in [-0.39, 0.29) is 17.6 Å². The van der Waals surface area contributed by atoms with Gasteiger partial charge in [0.25, 0.3) is 0 Å². The van der Waals surface area contributed by atoms with Crippen LogP contribution < -0.4 is 5.32 Å². The highest BCUT2D eigenvalue weighted by Gasteiger charge is 2.30. The molecular weight excluding hydrogens is 345 g/mol. The Morgan fingerprint density at radius 2 is 2.07 bits per heavy atom. The van der Waals surface area contributed by atoms with Crippen LogP contribution in [-0.4, -0.2) is 39.4 Å². The largest absolute Gasteiger partial charge is 0.345 e. The number of likely N-dealkylation sites (N-methyl/N-ethyl adjacent to an activating group) is 1. The van der Waals surface area contributed by atoms with Crippen LogP contribution in [0.4, 0.5) is 15.9 Å². The molecule has 1 amide bonds. The van der Waals surface area contributed by atoms with Crippen LogP contribution in [0.5, 0.6) is 0 Å². The summed E-state index contributed by atoms with van der Waals surface area (Å²) in [5.41, 5.74) is 2.14. The number of nitrogens with one attached hydrogen (secondary N) is 1. The number of rotatable bonds is 4. The number of anilines is 2. The zero-order chi connectivity index (χ0) is 18.8. The van der Waals surface area contributed by atoms with Gasteiger partial charge in [-0.25, -0.2) is 14.4 Å². The number of carbonyl (C=O) groups is 1. The summed E-state index contributed by atoms with van der Waals surface area (Å²) in [6, 6.07) is 11.7. The first kappa shape index (κ1) is 17.1. The van der Waals surface area contributed by atoms with Crippen molar-refractivity contribution in [3.63, 3.8) is 0 Å². The first-order valence-electron chi connectivity index (χ1n) is 8.64. The lowest BCUT2D eigenvalue weighted by atomic mass is 10.1. The lowest BCUT2D eigenvalue weighted by molar-refractivity contribution is -0.126. The van der Waals surface area contributed by atoms with Crippen molar-refractivity contribution in [2.24, 2.45) is 0 Å². The molecule has 0 spiro atoms. The number of amides is 1. The van der Waals surface area contributed by atoms with Crippen LogP contribution in [0.1, 0.15) is 18.2 Å². The summed E-state index contributed by atoms with van der Waals surface area (Å²) in [5, 5.41) is 3.13. The van der Waals surface area contributed by atoms with Crippen LogP contribution in [-0.2, 0) is 4.79 Å². The lowest BCUT2D eigenvalue weighted by Gasteiger charge is -2.14. The Morgan fingerprint density at radius 3 is 2.78 bits per heavy atom. The van der Waals surface area contributed by atoms with Gasteiger partial charge in [0.1, 0.15) is 17.5 Å². The van der Waals surface area contributed by atoms with E-state index in [1.54, 1.807) is 42.5 Å². The van der Waals surface area contributed by atoms with E-state index in [2.05, 4.69) is 20.3 Å². The second-order valence-corrected chi connectivity index (χ2v) is 6.55. The van der Waals surface area contributed by atoms with E-state index in [1.165, 1.54) is 12.1 Å². The molecule has 1 saturated heterocycles. The fourth-order valence-corrected chi connectivity index (χ4v) is 3.13. The van der Waals surface area contributed by atoms with Gasteiger partial charge in [0.2, 0.25) is 5.91 Å². The van der Waals surface area contributed by atoms with Crippen molar-refractivity contribution >= 4 is 17.4 Å². The maximum atomic E-state index is 13.5. The predicted octanol–water partition coefficient (Wildman–Crippen LogP) is 3.37. The van der Waals surface area contributed by atoms with Gasteiger partial charge < -0.3 is 10.2 Å². The number of pyridine rings is 1. The van der Waals surface area contributed by atoms with Crippen LogP contribution in [0.2, 0.25) is 0 Å². The molecule has 1 fully saturated rings. The highest BCUT2D eigenvalue weighted by atomic mass is 19.1. The molecule has 1 aromatic carbocycles. The Hall–Kier alpha value is -3.35. The molecule has 27 heavy (non-hydrogen) atoms. The average Bonchev–Trinajstić information content (AvgIpc) is 3.01. The third-order valence-corrected chi connectivity index (χ3v) is 4.50. The quantitative estimate of drug-likeness (QED) is 0.770. The number of aromatic nitrogens is 3. The molecule has 1 aliphatic heterocycles. The number of likely N-dealkylation sites (tertiary alicyclic amines) is 1. The van der Waals surface area contributed by atoms with Crippen molar-refractivity contribution in [2.75, 3.05) is 18.9 Å². The SMILES string of the molecule is CN1CC(c2nc(Nc3cccc(F)c3)cc(-c3cccnc3)n2)CC1=O. The third-order valence-electron chi connectivity index (χ3n) is 4.50. The van der Waals surface area contributed by atoms with E-state index in [1.807, 2.05) is 12.1 Å². The molecule has 1 N–H and O–H groups in total. The smallest absolute Gasteiger partial charge is 0.223 e. The van der Waals surface area contributed by atoms with Gasteiger partial charge in [0.15, 0.2) is 0 Å². The van der Waals surface area contributed by atoms with Crippen molar-refractivity contribution in [3.05, 3.63) is 66.5 Å². The second kappa shape index (κ2) is 7.11. The monoisotopic (exact) mass is 363 g/mol. The van der Waals surface area contributed by atoms with Gasteiger partial charge >= 0.3 is 0 Å². The Labute approximate surface area is 156 Å². The fraction of sp³-hybridized carbons (Fsp3) is 0.200. The topological polar surface area (TPSA) is 71.0 Å². The van der Waals surface area contributed by atoms with Gasteiger partial charge in [0.05, 0.1) is 5.69 Å². The molecule has 1 aliphatic rings. The molecule has 6 nitrogen and oxygen atoms in total. The molecule has 1 atom stereocenters. The highest BCUT2D eigenvalue weighted by Crippen LogP contribution is 2.29. The molecule has 0 bridgehead atoms. The second-order valence-electron chi connectivity index (χ2n) is 6.55. The molecule has 7 heteroatoms. The molecule has 0 saturated carbocycles. The fourth-order valence-electron chi connectivity index (χ4n) is 3.13. The van der Waals surface area contributed by atoms with Gasteiger partial charge in [-0.3, -0.25) is 9.78 Å². The lowest BCUT2D eigenvalue weighted by Crippen LogP contribution is -2.19. The van der Waals surface area contributed by atoms with Gasteiger partial charge in [-0.05, 0) is 30.3 Å². The minimum Gasteiger partial charge on any atom is -0.345 e. The maximum Gasteiger partial charge on any atom is 0.223 e. The van der Waals surface area contributed by atoms with Crippen LogP contribution in [0.25, 0.3) is 11.3 Å². The van der Waals surface area contributed by atoms with E-state index < -0.39 is 0 Å². The van der Waals surface area contributed by atoms with Crippen LogP contribution >= 0.6 is 0 Å². The predicted molar refractivity (Wildman–Crippen MR) is 99.9 cm³/mol. The van der Waals surface area contributed by atoms with Gasteiger partial charge in [-0.1, -0.05) is 6.07 Å². The van der Waals surface area contributed by atoms with E-state index in [9.17, 15) is 9.18 Å². The molecule has 4 rings (SSSR count). The Morgan fingerprint density at radius 1 is 1.19 bits per heavy atom. The summed E-state index contributed by atoms with van der Waals surface area (Å²) >= 11 is 0. The molecule has 3 heterocycles. The molecule has 1 unspecified atom stereocenters. The standard InChI is InChI=1S/C20H18FN5O/c1-26-12-14(8-19(26)27)20-24-17(13-4-3-7-22-11-13)10-18(25-20)23-16-6-2-5-15(21)9-16/h2-7,9-11,14H,8,12H2,1H3,(H,23,24,25). The van der Waals surface area contributed by atoms with Crippen LogP contribution in [0, 0.1) is 5.82 Å². The van der Waals surface area contributed by atoms with Crippen molar-refractivity contribution in [2.45, 2.75) is 12.3 Å². The summed E-state index contributed by atoms with van der Waals surface area (Å²) < 4.78 is 13.5. The van der Waals surface area contributed by atoms with E-state index in [0.717, 1.165) is 5.56 Å². The van der Waals surface area contributed by atoms with Gasteiger partial charge in [0, 0.05) is 55.6 Å². The van der Waals surface area contributed by atoms with Crippen LogP contribution in [0.3, 0.4) is 0 Å².